The van der Waals surface area contributed by atoms with Crippen LogP contribution in [0.4, 0.5) is 0 Å². The summed E-state index contributed by atoms with van der Waals surface area (Å²) in [7, 11) is 4.64. The van der Waals surface area contributed by atoms with Gasteiger partial charge in [-0.05, 0) is 42.7 Å². The maximum absolute atomic E-state index is 12.2. The Morgan fingerprint density at radius 1 is 1.07 bits per heavy atom. The monoisotopic (exact) mass is 403 g/mol. The standard InChI is InChI=1S/C22H29NO6/c1-15-6-5-7-18(12-15)29-14-17(24)13-23-20(25)11-9-16-8-10-19(26-2)22(28-4)21(16)27-3/h5-8,10,12,17,24H,9,11,13-14H2,1-4H3,(H,23,25). The molecule has 0 saturated carbocycles. The number of rotatable bonds is 11. The van der Waals surface area contributed by atoms with Crippen molar-refractivity contribution < 1.29 is 28.8 Å². The molecule has 158 valence electrons. The summed E-state index contributed by atoms with van der Waals surface area (Å²) in [6, 6.07) is 11.2. The fourth-order valence-corrected chi connectivity index (χ4v) is 2.88. The average molecular weight is 403 g/mol. The summed E-state index contributed by atoms with van der Waals surface area (Å²) in [6.45, 7) is 2.19. The third-order valence-corrected chi connectivity index (χ3v) is 4.37. The number of hydrogen-bond acceptors (Lipinski definition) is 6. The number of aliphatic hydroxyl groups excluding tert-OH is 1. The number of benzene rings is 2. The summed E-state index contributed by atoms with van der Waals surface area (Å²) >= 11 is 0. The summed E-state index contributed by atoms with van der Waals surface area (Å²) in [6.07, 6.45) is -0.0854. The van der Waals surface area contributed by atoms with Crippen LogP contribution in [0.1, 0.15) is 17.5 Å². The number of nitrogens with one attached hydrogen (secondary N) is 1. The molecular weight excluding hydrogens is 374 g/mol. The van der Waals surface area contributed by atoms with E-state index in [1.807, 2.05) is 37.3 Å². The zero-order valence-corrected chi connectivity index (χ0v) is 17.4. The Morgan fingerprint density at radius 2 is 1.83 bits per heavy atom. The minimum Gasteiger partial charge on any atom is -0.493 e. The smallest absolute Gasteiger partial charge is 0.220 e. The summed E-state index contributed by atoms with van der Waals surface area (Å²) < 4.78 is 21.6. The topological polar surface area (TPSA) is 86.3 Å². The molecule has 0 fully saturated rings. The van der Waals surface area contributed by atoms with Crippen molar-refractivity contribution in [2.24, 2.45) is 0 Å². The van der Waals surface area contributed by atoms with E-state index in [1.54, 1.807) is 20.3 Å². The van der Waals surface area contributed by atoms with Crippen LogP contribution in [0.3, 0.4) is 0 Å². The van der Waals surface area contributed by atoms with Gasteiger partial charge < -0.3 is 29.4 Å². The van der Waals surface area contributed by atoms with E-state index >= 15 is 0 Å². The molecule has 2 N–H and O–H groups in total. The van der Waals surface area contributed by atoms with Crippen molar-refractivity contribution in [2.45, 2.75) is 25.9 Å². The molecular formula is C22H29NO6. The van der Waals surface area contributed by atoms with Crippen LogP contribution in [0.5, 0.6) is 23.0 Å². The predicted molar refractivity (Wildman–Crippen MR) is 110 cm³/mol. The van der Waals surface area contributed by atoms with Gasteiger partial charge in [-0.2, -0.15) is 0 Å². The van der Waals surface area contributed by atoms with Gasteiger partial charge in [0.05, 0.1) is 21.3 Å². The first-order valence-electron chi connectivity index (χ1n) is 9.40. The SMILES string of the molecule is COc1ccc(CCC(=O)NCC(O)COc2cccc(C)c2)c(OC)c1OC. The Labute approximate surface area is 171 Å². The van der Waals surface area contributed by atoms with Crippen LogP contribution in [-0.4, -0.2) is 51.6 Å². The molecule has 1 atom stereocenters. The Bertz CT molecular complexity index is 808. The molecule has 0 saturated heterocycles. The van der Waals surface area contributed by atoms with Gasteiger partial charge in [0.25, 0.3) is 0 Å². The number of aliphatic hydroxyl groups is 1. The Hall–Kier alpha value is -2.93. The lowest BCUT2D eigenvalue weighted by Gasteiger charge is -2.16. The third-order valence-electron chi connectivity index (χ3n) is 4.37. The maximum atomic E-state index is 12.2. The first kappa shape index (κ1) is 22.4. The van der Waals surface area contributed by atoms with Gasteiger partial charge >= 0.3 is 0 Å². The van der Waals surface area contributed by atoms with Crippen LogP contribution in [0.25, 0.3) is 0 Å². The van der Waals surface area contributed by atoms with Crippen molar-refractivity contribution in [3.63, 3.8) is 0 Å². The van der Waals surface area contributed by atoms with Gasteiger partial charge in [-0.25, -0.2) is 0 Å². The van der Waals surface area contributed by atoms with Crippen LogP contribution in [0.2, 0.25) is 0 Å². The van der Waals surface area contributed by atoms with Gasteiger partial charge in [0, 0.05) is 13.0 Å². The summed E-state index contributed by atoms with van der Waals surface area (Å²) in [4.78, 5) is 12.2. The molecule has 1 amide bonds. The molecule has 0 aliphatic carbocycles. The van der Waals surface area contributed by atoms with Crippen LogP contribution in [0.15, 0.2) is 36.4 Å². The molecule has 0 spiro atoms. The molecule has 7 nitrogen and oxygen atoms in total. The molecule has 0 heterocycles. The lowest BCUT2D eigenvalue weighted by Crippen LogP contribution is -2.35. The molecule has 29 heavy (non-hydrogen) atoms. The molecule has 1 unspecified atom stereocenters. The highest BCUT2D eigenvalue weighted by Crippen LogP contribution is 2.40. The average Bonchev–Trinajstić information content (AvgIpc) is 2.73. The van der Waals surface area contributed by atoms with Gasteiger partial charge in [-0.15, -0.1) is 0 Å². The van der Waals surface area contributed by atoms with Crippen molar-refractivity contribution >= 4 is 5.91 Å². The van der Waals surface area contributed by atoms with Crippen LogP contribution < -0.4 is 24.3 Å². The lowest BCUT2D eigenvalue weighted by molar-refractivity contribution is -0.121. The Kier molecular flexibility index (Phi) is 8.61. The van der Waals surface area contributed by atoms with Gasteiger partial charge in [-0.1, -0.05) is 18.2 Å². The molecule has 2 rings (SSSR count). The predicted octanol–water partition coefficient (Wildman–Crippen LogP) is 2.51. The molecule has 2 aromatic rings. The normalized spacial score (nSPS) is 11.5. The minimum atomic E-state index is -0.796. The quantitative estimate of drug-likeness (QED) is 0.600. The molecule has 0 bridgehead atoms. The highest BCUT2D eigenvalue weighted by molar-refractivity contribution is 5.76. The summed E-state index contributed by atoms with van der Waals surface area (Å²) in [5, 5.41) is 12.8. The van der Waals surface area contributed by atoms with Gasteiger partial charge in [0.15, 0.2) is 11.5 Å². The highest BCUT2D eigenvalue weighted by atomic mass is 16.5. The van der Waals surface area contributed by atoms with E-state index in [2.05, 4.69) is 5.32 Å². The van der Waals surface area contributed by atoms with Crippen LogP contribution in [-0.2, 0) is 11.2 Å². The van der Waals surface area contributed by atoms with Crippen molar-refractivity contribution in [1.82, 2.24) is 5.32 Å². The van der Waals surface area contributed by atoms with E-state index in [0.717, 1.165) is 11.1 Å². The first-order valence-corrected chi connectivity index (χ1v) is 9.40. The second-order valence-electron chi connectivity index (χ2n) is 6.58. The van der Waals surface area contributed by atoms with Crippen molar-refractivity contribution in [2.75, 3.05) is 34.5 Å². The van der Waals surface area contributed by atoms with E-state index in [9.17, 15) is 9.90 Å². The highest BCUT2D eigenvalue weighted by Gasteiger charge is 2.16. The van der Waals surface area contributed by atoms with Crippen molar-refractivity contribution in [1.29, 1.82) is 0 Å². The van der Waals surface area contributed by atoms with Gasteiger partial charge in [0.1, 0.15) is 18.5 Å². The van der Waals surface area contributed by atoms with Gasteiger partial charge in [0.2, 0.25) is 11.7 Å². The number of carbonyl (C=O) groups excluding carboxylic acids is 1. The van der Waals surface area contributed by atoms with E-state index in [-0.39, 0.29) is 25.5 Å². The third kappa shape index (κ3) is 6.57. The number of aryl methyl sites for hydroxylation is 2. The second kappa shape index (κ2) is 11.2. The summed E-state index contributed by atoms with van der Waals surface area (Å²) in [5.74, 6) is 2.13. The molecule has 0 aliphatic heterocycles. The number of carbonyl (C=O) groups is 1. The molecule has 0 aliphatic rings. The number of hydrogen-bond donors (Lipinski definition) is 2. The lowest BCUT2D eigenvalue weighted by atomic mass is 10.1. The van der Waals surface area contributed by atoms with Gasteiger partial charge in [-0.3, -0.25) is 4.79 Å². The Balaban J connectivity index is 1.81. The fourth-order valence-electron chi connectivity index (χ4n) is 2.88. The van der Waals surface area contributed by atoms with E-state index in [0.29, 0.717) is 29.4 Å². The molecule has 7 heteroatoms. The Morgan fingerprint density at radius 3 is 2.48 bits per heavy atom. The first-order chi connectivity index (χ1) is 14.0. The number of ether oxygens (including phenoxy) is 4. The van der Waals surface area contributed by atoms with E-state index in [4.69, 9.17) is 18.9 Å². The number of methoxy groups -OCH3 is 3. The summed E-state index contributed by atoms with van der Waals surface area (Å²) in [5.41, 5.74) is 1.92. The maximum Gasteiger partial charge on any atom is 0.220 e. The number of amides is 1. The molecule has 0 aromatic heterocycles. The van der Waals surface area contributed by atoms with Crippen molar-refractivity contribution in [3.8, 4) is 23.0 Å². The van der Waals surface area contributed by atoms with E-state index in [1.165, 1.54) is 7.11 Å². The zero-order valence-electron chi connectivity index (χ0n) is 17.4. The molecule has 2 aromatic carbocycles. The fraction of sp³-hybridized carbons (Fsp3) is 0.409. The second-order valence-corrected chi connectivity index (χ2v) is 6.58. The van der Waals surface area contributed by atoms with Crippen molar-refractivity contribution in [3.05, 3.63) is 47.5 Å². The largest absolute Gasteiger partial charge is 0.493 e. The minimum absolute atomic E-state index is 0.104. The zero-order chi connectivity index (χ0) is 21.2. The molecule has 0 radical (unpaired) electrons. The van der Waals surface area contributed by atoms with E-state index < -0.39 is 6.10 Å². The van der Waals surface area contributed by atoms with Crippen LogP contribution in [0, 0.1) is 6.92 Å². The van der Waals surface area contributed by atoms with Crippen LogP contribution >= 0.6 is 0 Å².